The summed E-state index contributed by atoms with van der Waals surface area (Å²) in [6.07, 6.45) is 4.48. The van der Waals surface area contributed by atoms with Crippen molar-refractivity contribution in [3.05, 3.63) is 29.6 Å². The number of rotatable bonds is 4. The van der Waals surface area contributed by atoms with E-state index in [-0.39, 0.29) is 0 Å². The van der Waals surface area contributed by atoms with Crippen LogP contribution in [0.3, 0.4) is 0 Å². The molecular formula is C16H25N3. The smallest absolute Gasteiger partial charge is 0.0401 e. The van der Waals surface area contributed by atoms with Crippen molar-refractivity contribution < 1.29 is 0 Å². The number of hydrogen-bond acceptors (Lipinski definition) is 3. The molecule has 0 saturated carbocycles. The largest absolute Gasteiger partial charge is 0.298 e. The van der Waals surface area contributed by atoms with Crippen LogP contribution in [0, 0.1) is 0 Å². The molecular weight excluding hydrogens is 234 g/mol. The minimum Gasteiger partial charge on any atom is -0.298 e. The number of pyridine rings is 1. The van der Waals surface area contributed by atoms with Crippen LogP contribution >= 0.6 is 0 Å². The molecule has 0 aliphatic carbocycles. The van der Waals surface area contributed by atoms with Gasteiger partial charge in [0.05, 0.1) is 0 Å². The van der Waals surface area contributed by atoms with Gasteiger partial charge in [-0.3, -0.25) is 14.8 Å². The van der Waals surface area contributed by atoms with E-state index >= 15 is 0 Å². The van der Waals surface area contributed by atoms with Crippen LogP contribution in [0.2, 0.25) is 0 Å². The summed E-state index contributed by atoms with van der Waals surface area (Å²) in [6, 6.07) is 6.66. The Kier molecular flexibility index (Phi) is 3.59. The molecule has 2 aliphatic heterocycles. The van der Waals surface area contributed by atoms with E-state index in [2.05, 4.69) is 53.9 Å². The van der Waals surface area contributed by atoms with Crippen molar-refractivity contribution in [1.29, 1.82) is 0 Å². The van der Waals surface area contributed by atoms with Crippen LogP contribution in [0.15, 0.2) is 18.3 Å². The molecule has 3 heterocycles. The summed E-state index contributed by atoms with van der Waals surface area (Å²) in [4.78, 5) is 9.80. The minimum absolute atomic E-state index is 0.693. The maximum atomic E-state index is 4.51. The second-order valence-corrected chi connectivity index (χ2v) is 6.27. The highest BCUT2D eigenvalue weighted by molar-refractivity contribution is 5.16. The second-order valence-electron chi connectivity index (χ2n) is 6.27. The first-order valence-electron chi connectivity index (χ1n) is 7.61. The summed E-state index contributed by atoms with van der Waals surface area (Å²) in [5.41, 5.74) is 2.56. The van der Waals surface area contributed by atoms with Gasteiger partial charge in [-0.15, -0.1) is 0 Å². The van der Waals surface area contributed by atoms with Crippen LogP contribution in [0.4, 0.5) is 0 Å². The van der Waals surface area contributed by atoms with Gasteiger partial charge in [-0.05, 0) is 38.3 Å². The molecule has 2 bridgehead atoms. The van der Waals surface area contributed by atoms with Gasteiger partial charge in [0, 0.05) is 49.7 Å². The van der Waals surface area contributed by atoms with Gasteiger partial charge >= 0.3 is 0 Å². The third-order valence-corrected chi connectivity index (χ3v) is 4.72. The van der Waals surface area contributed by atoms with E-state index in [0.717, 1.165) is 25.0 Å². The van der Waals surface area contributed by atoms with E-state index in [4.69, 9.17) is 0 Å². The second kappa shape index (κ2) is 5.22. The molecule has 104 valence electrons. The normalized spacial score (nSPS) is 27.6. The molecule has 2 fully saturated rings. The first-order chi connectivity index (χ1) is 9.17. The van der Waals surface area contributed by atoms with E-state index in [9.17, 15) is 0 Å². The Balaban J connectivity index is 1.60. The van der Waals surface area contributed by atoms with Gasteiger partial charge in [0.25, 0.3) is 0 Å². The maximum Gasteiger partial charge on any atom is 0.0401 e. The molecule has 2 aliphatic rings. The SMILES string of the molecule is CCc1ccc(CN2C3CC2CN(C(C)C)C3)cn1. The first-order valence-corrected chi connectivity index (χ1v) is 7.61. The van der Waals surface area contributed by atoms with Gasteiger partial charge in [-0.2, -0.15) is 0 Å². The summed E-state index contributed by atoms with van der Waals surface area (Å²) < 4.78 is 0. The van der Waals surface area contributed by atoms with Gasteiger partial charge in [0.15, 0.2) is 0 Å². The van der Waals surface area contributed by atoms with Crippen LogP contribution in [0.5, 0.6) is 0 Å². The summed E-state index contributed by atoms with van der Waals surface area (Å²) in [5.74, 6) is 0. The topological polar surface area (TPSA) is 19.4 Å². The number of piperidine rings is 1. The molecule has 0 N–H and O–H groups in total. The summed E-state index contributed by atoms with van der Waals surface area (Å²) in [6.45, 7) is 10.3. The highest BCUT2D eigenvalue weighted by atomic mass is 15.4. The minimum atomic E-state index is 0.693. The molecule has 3 heteroatoms. The molecule has 2 atom stereocenters. The van der Waals surface area contributed by atoms with Crippen molar-refractivity contribution in [1.82, 2.24) is 14.8 Å². The van der Waals surface area contributed by atoms with Gasteiger partial charge in [0.2, 0.25) is 0 Å². The van der Waals surface area contributed by atoms with Crippen LogP contribution in [0.1, 0.15) is 38.4 Å². The Bertz CT molecular complexity index is 414. The number of likely N-dealkylation sites (tertiary alicyclic amines) is 2. The lowest BCUT2D eigenvalue weighted by Gasteiger charge is -2.57. The Labute approximate surface area is 116 Å². The van der Waals surface area contributed by atoms with Gasteiger partial charge in [-0.1, -0.05) is 13.0 Å². The predicted molar refractivity (Wildman–Crippen MR) is 78.1 cm³/mol. The molecule has 2 unspecified atom stereocenters. The number of aryl methyl sites for hydroxylation is 1. The number of aromatic nitrogens is 1. The Morgan fingerprint density at radius 2 is 2.00 bits per heavy atom. The Hall–Kier alpha value is -0.930. The lowest BCUT2D eigenvalue weighted by Crippen LogP contribution is -2.68. The highest BCUT2D eigenvalue weighted by Gasteiger charge is 2.44. The van der Waals surface area contributed by atoms with Crippen LogP contribution < -0.4 is 0 Å². The summed E-state index contributed by atoms with van der Waals surface area (Å²) >= 11 is 0. The zero-order valence-corrected chi connectivity index (χ0v) is 12.3. The van der Waals surface area contributed by atoms with Gasteiger partial charge < -0.3 is 0 Å². The van der Waals surface area contributed by atoms with Crippen molar-refractivity contribution in [2.24, 2.45) is 0 Å². The lowest BCUT2D eigenvalue weighted by molar-refractivity contribution is -0.0835. The van der Waals surface area contributed by atoms with E-state index in [1.165, 1.54) is 30.8 Å². The number of hydrogen-bond donors (Lipinski definition) is 0. The fourth-order valence-corrected chi connectivity index (χ4v) is 3.37. The fraction of sp³-hybridized carbons (Fsp3) is 0.688. The molecule has 0 spiro atoms. The third kappa shape index (κ3) is 2.54. The van der Waals surface area contributed by atoms with E-state index in [1.54, 1.807) is 0 Å². The molecule has 3 rings (SSSR count). The molecule has 2 saturated heterocycles. The molecule has 1 aromatic heterocycles. The van der Waals surface area contributed by atoms with Crippen LogP contribution in [-0.4, -0.2) is 46.0 Å². The standard InChI is InChI=1S/C16H25N3/c1-4-14-6-5-13(8-17-14)9-19-15-7-16(19)11-18(10-15)12(2)3/h5-6,8,12,15-16H,4,7,9-11H2,1-3H3. The van der Waals surface area contributed by atoms with Crippen molar-refractivity contribution in [3.8, 4) is 0 Å². The fourth-order valence-electron chi connectivity index (χ4n) is 3.37. The monoisotopic (exact) mass is 259 g/mol. The van der Waals surface area contributed by atoms with E-state index in [1.807, 2.05) is 0 Å². The Morgan fingerprint density at radius 1 is 1.26 bits per heavy atom. The third-order valence-electron chi connectivity index (χ3n) is 4.72. The number of piperazine rings is 1. The zero-order chi connectivity index (χ0) is 13.4. The molecule has 0 amide bonds. The van der Waals surface area contributed by atoms with Crippen LogP contribution in [-0.2, 0) is 13.0 Å². The van der Waals surface area contributed by atoms with Gasteiger partial charge in [0.1, 0.15) is 0 Å². The lowest BCUT2D eigenvalue weighted by atomic mass is 9.86. The van der Waals surface area contributed by atoms with Gasteiger partial charge in [-0.25, -0.2) is 0 Å². The Morgan fingerprint density at radius 3 is 2.53 bits per heavy atom. The molecule has 3 nitrogen and oxygen atoms in total. The number of nitrogens with zero attached hydrogens (tertiary/aromatic N) is 3. The highest BCUT2D eigenvalue weighted by Crippen LogP contribution is 2.34. The van der Waals surface area contributed by atoms with Crippen molar-refractivity contribution in [2.45, 2.75) is 58.3 Å². The first kappa shape index (κ1) is 13.1. The quantitative estimate of drug-likeness (QED) is 0.827. The van der Waals surface area contributed by atoms with E-state index < -0.39 is 0 Å². The summed E-state index contributed by atoms with van der Waals surface area (Å²) in [7, 11) is 0. The number of fused-ring (bicyclic) bond motifs is 2. The average molecular weight is 259 g/mol. The van der Waals surface area contributed by atoms with Crippen molar-refractivity contribution in [2.75, 3.05) is 13.1 Å². The zero-order valence-electron chi connectivity index (χ0n) is 12.3. The average Bonchev–Trinajstić information content (AvgIpc) is 2.45. The molecule has 1 aromatic rings. The maximum absolute atomic E-state index is 4.51. The van der Waals surface area contributed by atoms with Crippen molar-refractivity contribution in [3.63, 3.8) is 0 Å². The van der Waals surface area contributed by atoms with Crippen LogP contribution in [0.25, 0.3) is 0 Å². The predicted octanol–water partition coefficient (Wildman–Crippen LogP) is 2.31. The van der Waals surface area contributed by atoms with E-state index in [0.29, 0.717) is 6.04 Å². The van der Waals surface area contributed by atoms with Crippen molar-refractivity contribution >= 4 is 0 Å². The summed E-state index contributed by atoms with van der Waals surface area (Å²) in [5, 5.41) is 0. The molecule has 19 heavy (non-hydrogen) atoms. The molecule has 0 radical (unpaired) electrons. The molecule has 0 aromatic carbocycles.